The molecule has 1 heterocycles. The van der Waals surface area contributed by atoms with Gasteiger partial charge in [-0.1, -0.05) is 36.4 Å². The van der Waals surface area contributed by atoms with Gasteiger partial charge in [-0.05, 0) is 36.6 Å². The standard InChI is InChI=1S/C21H22N2O4/c1-13-7-6-8-14(2)19(13)22-18(24)12-23(3)20(25)17-11-15-9-4-5-10-16(15)21(26)27-17/h4-10,17H,11-12H2,1-3H3,(H,22,24)/t17-/m0/s1. The first kappa shape index (κ1) is 18.6. The predicted octanol–water partition coefficient (Wildman–Crippen LogP) is 2.48. The number of hydrogen-bond acceptors (Lipinski definition) is 4. The lowest BCUT2D eigenvalue weighted by molar-refractivity contribution is -0.141. The summed E-state index contributed by atoms with van der Waals surface area (Å²) in [4.78, 5) is 38.4. The molecule has 1 N–H and O–H groups in total. The number of fused-ring (bicyclic) bond motifs is 1. The summed E-state index contributed by atoms with van der Waals surface area (Å²) in [5, 5.41) is 2.85. The van der Waals surface area contributed by atoms with Crippen LogP contribution in [0.3, 0.4) is 0 Å². The maximum absolute atomic E-state index is 12.6. The van der Waals surface area contributed by atoms with E-state index in [1.165, 1.54) is 11.9 Å². The van der Waals surface area contributed by atoms with Gasteiger partial charge in [0.25, 0.3) is 5.91 Å². The molecule has 0 saturated heterocycles. The van der Waals surface area contributed by atoms with Crippen LogP contribution < -0.4 is 5.32 Å². The fraction of sp³-hybridized carbons (Fsp3) is 0.286. The number of nitrogens with one attached hydrogen (secondary N) is 1. The fourth-order valence-corrected chi connectivity index (χ4v) is 3.20. The molecule has 1 atom stereocenters. The van der Waals surface area contributed by atoms with Crippen LogP contribution in [-0.2, 0) is 20.7 Å². The van der Waals surface area contributed by atoms with E-state index in [1.54, 1.807) is 12.1 Å². The SMILES string of the molecule is Cc1cccc(C)c1NC(=O)CN(C)C(=O)[C@@H]1Cc2ccccc2C(=O)O1. The van der Waals surface area contributed by atoms with E-state index in [0.29, 0.717) is 12.0 Å². The number of carbonyl (C=O) groups is 3. The van der Waals surface area contributed by atoms with E-state index in [-0.39, 0.29) is 12.5 Å². The molecule has 6 nitrogen and oxygen atoms in total. The molecule has 1 aliphatic heterocycles. The van der Waals surface area contributed by atoms with Crippen molar-refractivity contribution < 1.29 is 19.1 Å². The summed E-state index contributed by atoms with van der Waals surface area (Å²) in [6.45, 7) is 3.70. The zero-order valence-electron chi connectivity index (χ0n) is 15.6. The van der Waals surface area contributed by atoms with Gasteiger partial charge in [-0.25, -0.2) is 4.79 Å². The monoisotopic (exact) mass is 366 g/mol. The summed E-state index contributed by atoms with van der Waals surface area (Å²) >= 11 is 0. The molecule has 0 aromatic heterocycles. The Kier molecular flexibility index (Phi) is 5.26. The lowest BCUT2D eigenvalue weighted by Gasteiger charge is -2.27. The summed E-state index contributed by atoms with van der Waals surface area (Å²) in [6.07, 6.45) is -0.603. The molecular formula is C21H22N2O4. The Labute approximate surface area is 158 Å². The van der Waals surface area contributed by atoms with Gasteiger partial charge in [0.2, 0.25) is 5.91 Å². The molecule has 0 saturated carbocycles. The Morgan fingerprint density at radius 3 is 2.48 bits per heavy atom. The molecule has 3 rings (SSSR count). The molecule has 0 unspecified atom stereocenters. The summed E-state index contributed by atoms with van der Waals surface area (Å²) in [7, 11) is 1.53. The third kappa shape index (κ3) is 4.00. The van der Waals surface area contributed by atoms with E-state index < -0.39 is 18.0 Å². The number of likely N-dealkylation sites (N-methyl/N-ethyl adjacent to an activating group) is 1. The second-order valence-electron chi connectivity index (χ2n) is 6.76. The van der Waals surface area contributed by atoms with Crippen molar-refractivity contribution >= 4 is 23.5 Å². The molecule has 1 aliphatic rings. The maximum atomic E-state index is 12.6. The second kappa shape index (κ2) is 7.61. The van der Waals surface area contributed by atoms with Gasteiger partial charge in [0, 0.05) is 19.2 Å². The van der Waals surface area contributed by atoms with Gasteiger partial charge in [-0.15, -0.1) is 0 Å². The Morgan fingerprint density at radius 1 is 1.11 bits per heavy atom. The van der Waals surface area contributed by atoms with Crippen LogP contribution in [0, 0.1) is 13.8 Å². The molecule has 27 heavy (non-hydrogen) atoms. The highest BCUT2D eigenvalue weighted by molar-refractivity contribution is 5.98. The molecule has 0 fully saturated rings. The number of benzene rings is 2. The minimum absolute atomic E-state index is 0.123. The van der Waals surface area contributed by atoms with Crippen molar-refractivity contribution in [1.82, 2.24) is 4.90 Å². The lowest BCUT2D eigenvalue weighted by Crippen LogP contribution is -2.45. The lowest BCUT2D eigenvalue weighted by atomic mass is 9.98. The normalized spacial score (nSPS) is 15.5. The number of aryl methyl sites for hydroxylation is 2. The van der Waals surface area contributed by atoms with E-state index in [9.17, 15) is 14.4 Å². The van der Waals surface area contributed by atoms with Crippen LogP contribution in [0.4, 0.5) is 5.69 Å². The minimum Gasteiger partial charge on any atom is -0.448 e. The number of para-hydroxylation sites is 1. The highest BCUT2D eigenvalue weighted by Crippen LogP contribution is 2.22. The molecule has 6 heteroatoms. The number of carbonyl (C=O) groups excluding carboxylic acids is 3. The third-order valence-corrected chi connectivity index (χ3v) is 4.67. The first-order valence-electron chi connectivity index (χ1n) is 8.76. The molecule has 2 aromatic carbocycles. The average Bonchev–Trinajstić information content (AvgIpc) is 2.64. The van der Waals surface area contributed by atoms with E-state index in [4.69, 9.17) is 4.74 Å². The van der Waals surface area contributed by atoms with Crippen LogP contribution in [0.25, 0.3) is 0 Å². The van der Waals surface area contributed by atoms with Gasteiger partial charge < -0.3 is 15.0 Å². The van der Waals surface area contributed by atoms with Crippen molar-refractivity contribution in [2.45, 2.75) is 26.4 Å². The highest BCUT2D eigenvalue weighted by atomic mass is 16.5. The van der Waals surface area contributed by atoms with Crippen LogP contribution >= 0.6 is 0 Å². The minimum atomic E-state index is -0.912. The molecule has 0 radical (unpaired) electrons. The molecule has 0 spiro atoms. The van der Waals surface area contributed by atoms with Gasteiger partial charge >= 0.3 is 5.97 Å². The number of hydrogen-bond donors (Lipinski definition) is 1. The van der Waals surface area contributed by atoms with Crippen molar-refractivity contribution in [3.05, 3.63) is 64.7 Å². The number of ether oxygens (including phenoxy) is 1. The zero-order valence-corrected chi connectivity index (χ0v) is 15.6. The van der Waals surface area contributed by atoms with Crippen molar-refractivity contribution in [3.8, 4) is 0 Å². The first-order chi connectivity index (χ1) is 12.9. The maximum Gasteiger partial charge on any atom is 0.339 e. The molecule has 2 aromatic rings. The molecule has 0 bridgehead atoms. The van der Waals surface area contributed by atoms with Crippen molar-refractivity contribution in [2.24, 2.45) is 0 Å². The Hall–Kier alpha value is -3.15. The topological polar surface area (TPSA) is 75.7 Å². The third-order valence-electron chi connectivity index (χ3n) is 4.67. The van der Waals surface area contributed by atoms with E-state index in [1.807, 2.05) is 44.2 Å². The number of cyclic esters (lactones) is 1. The smallest absolute Gasteiger partial charge is 0.339 e. The van der Waals surface area contributed by atoms with Crippen molar-refractivity contribution in [2.75, 3.05) is 18.9 Å². The Morgan fingerprint density at radius 2 is 1.78 bits per heavy atom. The van der Waals surface area contributed by atoms with Crippen LogP contribution in [0.1, 0.15) is 27.0 Å². The van der Waals surface area contributed by atoms with E-state index >= 15 is 0 Å². The quantitative estimate of drug-likeness (QED) is 0.844. The second-order valence-corrected chi connectivity index (χ2v) is 6.76. The molecule has 0 aliphatic carbocycles. The van der Waals surface area contributed by atoms with Crippen LogP contribution in [-0.4, -0.2) is 42.4 Å². The summed E-state index contributed by atoms with van der Waals surface area (Å²) in [5.74, 6) is -1.20. The number of rotatable bonds is 4. The van der Waals surface area contributed by atoms with Crippen LogP contribution in [0.2, 0.25) is 0 Å². The average molecular weight is 366 g/mol. The van der Waals surface area contributed by atoms with Crippen molar-refractivity contribution in [1.29, 1.82) is 0 Å². The molecule has 140 valence electrons. The zero-order chi connectivity index (χ0) is 19.6. The summed E-state index contributed by atoms with van der Waals surface area (Å²) in [6, 6.07) is 12.8. The molecular weight excluding hydrogens is 344 g/mol. The predicted molar refractivity (Wildman–Crippen MR) is 102 cm³/mol. The number of amides is 2. The van der Waals surface area contributed by atoms with Crippen LogP contribution in [0.15, 0.2) is 42.5 Å². The van der Waals surface area contributed by atoms with Crippen molar-refractivity contribution in [3.63, 3.8) is 0 Å². The summed E-state index contributed by atoms with van der Waals surface area (Å²) < 4.78 is 5.27. The van der Waals surface area contributed by atoms with Gasteiger partial charge in [-0.3, -0.25) is 9.59 Å². The van der Waals surface area contributed by atoms with Gasteiger partial charge in [0.15, 0.2) is 6.10 Å². The largest absolute Gasteiger partial charge is 0.448 e. The number of esters is 1. The number of anilines is 1. The van der Waals surface area contributed by atoms with E-state index in [0.717, 1.165) is 22.4 Å². The van der Waals surface area contributed by atoms with Crippen LogP contribution in [0.5, 0.6) is 0 Å². The van der Waals surface area contributed by atoms with Gasteiger partial charge in [0.05, 0.1) is 12.1 Å². The number of nitrogens with zero attached hydrogens (tertiary/aromatic N) is 1. The molecule has 2 amide bonds. The highest BCUT2D eigenvalue weighted by Gasteiger charge is 2.33. The fourth-order valence-electron chi connectivity index (χ4n) is 3.20. The Bertz CT molecular complexity index is 887. The first-order valence-corrected chi connectivity index (χ1v) is 8.76. The van der Waals surface area contributed by atoms with Gasteiger partial charge in [-0.2, -0.15) is 0 Å². The summed E-state index contributed by atoms with van der Waals surface area (Å²) in [5.41, 5.74) is 3.92. The van der Waals surface area contributed by atoms with Gasteiger partial charge in [0.1, 0.15) is 0 Å². The Balaban J connectivity index is 1.64. The van der Waals surface area contributed by atoms with E-state index in [2.05, 4.69) is 5.32 Å².